The van der Waals surface area contributed by atoms with Crippen molar-refractivity contribution in [2.24, 2.45) is 0 Å². The van der Waals surface area contributed by atoms with E-state index in [0.717, 1.165) is 55.2 Å². The summed E-state index contributed by atoms with van der Waals surface area (Å²) < 4.78 is 29.5. The van der Waals surface area contributed by atoms with Crippen LogP contribution in [0.25, 0.3) is 21.5 Å². The van der Waals surface area contributed by atoms with Crippen molar-refractivity contribution < 1.29 is 8.78 Å². The van der Waals surface area contributed by atoms with Gasteiger partial charge in [-0.3, -0.25) is 0 Å². The third-order valence-electron chi connectivity index (χ3n) is 9.16. The number of halogens is 2. The minimum atomic E-state index is -0.151. The maximum Gasteiger partial charge on any atom is 0.146 e. The summed E-state index contributed by atoms with van der Waals surface area (Å²) in [6.07, 6.45) is 1.96. The number of piperazine rings is 1. The fourth-order valence-electron chi connectivity index (χ4n) is 7.33. The highest BCUT2D eigenvalue weighted by atomic mass is 19.1. The van der Waals surface area contributed by atoms with E-state index < -0.39 is 0 Å². The number of anilines is 2. The summed E-state index contributed by atoms with van der Waals surface area (Å²) in [6.45, 7) is 7.96. The molecule has 1 aliphatic heterocycles. The van der Waals surface area contributed by atoms with Gasteiger partial charge in [0.1, 0.15) is 11.6 Å². The van der Waals surface area contributed by atoms with E-state index in [1.54, 1.807) is 12.1 Å². The lowest BCUT2D eigenvalue weighted by Gasteiger charge is -2.40. The molecule has 2 nitrogen and oxygen atoms in total. The second-order valence-electron chi connectivity index (χ2n) is 12.1. The topological polar surface area (TPSA) is 6.48 Å². The van der Waals surface area contributed by atoms with Crippen molar-refractivity contribution in [3.05, 3.63) is 119 Å². The molecule has 5 aromatic carbocycles. The molecule has 7 rings (SSSR count). The van der Waals surface area contributed by atoms with E-state index in [9.17, 15) is 4.39 Å². The van der Waals surface area contributed by atoms with Crippen molar-refractivity contribution >= 4 is 32.9 Å². The van der Waals surface area contributed by atoms with Gasteiger partial charge in [-0.15, -0.1) is 0 Å². The Morgan fingerprint density at radius 1 is 0.650 bits per heavy atom. The van der Waals surface area contributed by atoms with Crippen LogP contribution in [-0.4, -0.2) is 26.2 Å². The lowest BCUT2D eigenvalue weighted by molar-refractivity contribution is 0.395. The highest BCUT2D eigenvalue weighted by Crippen LogP contribution is 2.48. The molecule has 1 fully saturated rings. The largest absolute Gasteiger partial charge is 0.368 e. The van der Waals surface area contributed by atoms with E-state index in [0.29, 0.717) is 17.0 Å². The average molecular weight is 533 g/mol. The van der Waals surface area contributed by atoms with E-state index >= 15 is 4.39 Å². The van der Waals surface area contributed by atoms with Crippen LogP contribution in [0.15, 0.2) is 91.0 Å². The number of fused-ring (bicyclic) bond motifs is 5. The van der Waals surface area contributed by atoms with Gasteiger partial charge in [-0.05, 0) is 87.4 Å². The molecule has 1 aliphatic carbocycles. The van der Waals surface area contributed by atoms with Crippen LogP contribution < -0.4 is 9.80 Å². The van der Waals surface area contributed by atoms with Crippen molar-refractivity contribution in [1.82, 2.24) is 0 Å². The molecule has 0 N–H and O–H groups in total. The number of para-hydroxylation sites is 1. The van der Waals surface area contributed by atoms with E-state index in [2.05, 4.69) is 60.0 Å². The second-order valence-corrected chi connectivity index (χ2v) is 12.1. The van der Waals surface area contributed by atoms with Gasteiger partial charge in [-0.25, -0.2) is 8.78 Å². The van der Waals surface area contributed by atoms with Gasteiger partial charge < -0.3 is 9.80 Å². The number of hydrogen-bond donors (Lipinski definition) is 0. The van der Waals surface area contributed by atoms with Crippen molar-refractivity contribution in [1.29, 1.82) is 0 Å². The molecule has 0 saturated carbocycles. The first kappa shape index (κ1) is 25.1. The van der Waals surface area contributed by atoms with Crippen molar-refractivity contribution in [2.75, 3.05) is 36.0 Å². The third-order valence-corrected chi connectivity index (χ3v) is 9.16. The zero-order valence-electron chi connectivity index (χ0n) is 23.1. The number of nitrogens with zero attached hydrogens (tertiary/aromatic N) is 2. The van der Waals surface area contributed by atoms with E-state index in [1.165, 1.54) is 28.4 Å². The van der Waals surface area contributed by atoms with E-state index in [-0.39, 0.29) is 17.0 Å². The lowest BCUT2D eigenvalue weighted by Crippen LogP contribution is -2.46. The van der Waals surface area contributed by atoms with Crippen LogP contribution in [-0.2, 0) is 11.8 Å². The summed E-state index contributed by atoms with van der Waals surface area (Å²) in [7, 11) is 0. The van der Waals surface area contributed by atoms with Gasteiger partial charge in [0, 0.05) is 37.3 Å². The predicted molar refractivity (Wildman–Crippen MR) is 163 cm³/mol. The van der Waals surface area contributed by atoms with Crippen LogP contribution in [0.1, 0.15) is 42.9 Å². The quantitative estimate of drug-likeness (QED) is 0.215. The summed E-state index contributed by atoms with van der Waals surface area (Å²) in [5.41, 5.74) is 5.82. The molecule has 1 saturated heterocycles. The smallest absolute Gasteiger partial charge is 0.146 e. The zero-order chi connectivity index (χ0) is 27.4. The highest BCUT2D eigenvalue weighted by Gasteiger charge is 2.35. The number of benzene rings is 5. The maximum atomic E-state index is 15.2. The van der Waals surface area contributed by atoms with E-state index in [1.807, 2.05) is 36.4 Å². The molecule has 1 unspecified atom stereocenters. The summed E-state index contributed by atoms with van der Waals surface area (Å²) in [4.78, 5) is 4.57. The Kier molecular flexibility index (Phi) is 6.03. The molecule has 1 heterocycles. The molecule has 4 heteroatoms. The Morgan fingerprint density at radius 2 is 1.35 bits per heavy atom. The minimum absolute atomic E-state index is 0.0892. The second kappa shape index (κ2) is 9.62. The molecule has 202 valence electrons. The van der Waals surface area contributed by atoms with Gasteiger partial charge in [0.2, 0.25) is 0 Å². The van der Waals surface area contributed by atoms with Gasteiger partial charge in [0.05, 0.1) is 5.69 Å². The number of hydrogen-bond acceptors (Lipinski definition) is 2. The molecule has 0 aromatic heterocycles. The van der Waals surface area contributed by atoms with Crippen LogP contribution in [0.2, 0.25) is 0 Å². The molecular weight excluding hydrogens is 498 g/mol. The van der Waals surface area contributed by atoms with Crippen LogP contribution in [0.3, 0.4) is 0 Å². The van der Waals surface area contributed by atoms with Gasteiger partial charge in [0.25, 0.3) is 0 Å². The van der Waals surface area contributed by atoms with Crippen molar-refractivity contribution in [3.8, 4) is 0 Å². The van der Waals surface area contributed by atoms with Gasteiger partial charge >= 0.3 is 0 Å². The normalized spacial score (nSPS) is 18.8. The Bertz CT molecular complexity index is 1730. The van der Waals surface area contributed by atoms with E-state index in [4.69, 9.17) is 0 Å². The van der Waals surface area contributed by atoms with Crippen LogP contribution in [0, 0.1) is 11.6 Å². The Morgan fingerprint density at radius 3 is 2.15 bits per heavy atom. The van der Waals surface area contributed by atoms with Crippen molar-refractivity contribution in [3.63, 3.8) is 0 Å². The standard InChI is InChI=1S/C36H34F2N2/c1-36(2)23-26(20-25-14-15-29-28-10-3-4-11-30(28)33(38)22-31(29)35(25)36)24-8-7-9-27(21-24)39-16-18-40(19-17-39)34-13-6-5-12-32(34)37/h3-15,21-22,26H,16-20,23H2,1-2H3. The molecule has 0 amide bonds. The molecule has 1 atom stereocenters. The van der Waals surface area contributed by atoms with Crippen LogP contribution in [0.4, 0.5) is 20.2 Å². The van der Waals surface area contributed by atoms with Gasteiger partial charge in [-0.1, -0.05) is 74.5 Å². The predicted octanol–water partition coefficient (Wildman–Crippen LogP) is 8.61. The first-order chi connectivity index (χ1) is 19.4. The molecular formula is C36H34F2N2. The zero-order valence-corrected chi connectivity index (χ0v) is 23.1. The lowest BCUT2D eigenvalue weighted by atomic mass is 9.65. The monoisotopic (exact) mass is 532 g/mol. The summed E-state index contributed by atoms with van der Waals surface area (Å²) in [5, 5.41) is 3.87. The van der Waals surface area contributed by atoms with Crippen LogP contribution in [0.5, 0.6) is 0 Å². The molecule has 0 bridgehead atoms. The SMILES string of the molecule is CC1(C)CC(c2cccc(N3CCN(c4ccccc4F)CC3)c2)Cc2ccc3c(cc(F)c4ccccc43)c21. The highest BCUT2D eigenvalue weighted by molar-refractivity contribution is 6.09. The third kappa shape index (κ3) is 4.21. The Balaban J connectivity index is 1.17. The summed E-state index contributed by atoms with van der Waals surface area (Å²) in [6, 6.07) is 30.1. The van der Waals surface area contributed by atoms with Gasteiger partial charge in [-0.2, -0.15) is 0 Å². The van der Waals surface area contributed by atoms with Crippen molar-refractivity contribution in [2.45, 2.75) is 38.0 Å². The van der Waals surface area contributed by atoms with Gasteiger partial charge in [0.15, 0.2) is 0 Å². The Labute approximate surface area is 234 Å². The molecule has 5 aromatic rings. The fourth-order valence-corrected chi connectivity index (χ4v) is 7.33. The molecule has 40 heavy (non-hydrogen) atoms. The minimum Gasteiger partial charge on any atom is -0.368 e. The molecule has 0 spiro atoms. The number of rotatable bonds is 3. The fraction of sp³-hybridized carbons (Fsp3) is 0.278. The average Bonchev–Trinajstić information content (AvgIpc) is 2.97. The summed E-state index contributed by atoms with van der Waals surface area (Å²) in [5.74, 6) is 0.101. The molecule has 2 aliphatic rings. The maximum absolute atomic E-state index is 15.2. The molecule has 0 radical (unpaired) electrons. The first-order valence-corrected chi connectivity index (χ1v) is 14.4. The summed E-state index contributed by atoms with van der Waals surface area (Å²) >= 11 is 0. The van der Waals surface area contributed by atoms with Crippen LogP contribution >= 0.6 is 0 Å². The first-order valence-electron chi connectivity index (χ1n) is 14.4. The Hall–Kier alpha value is -3.92.